The Bertz CT molecular complexity index is 621. The van der Waals surface area contributed by atoms with Gasteiger partial charge in [-0.05, 0) is 29.7 Å². The Morgan fingerprint density at radius 1 is 1.17 bits per heavy atom. The molecule has 0 bridgehead atoms. The summed E-state index contributed by atoms with van der Waals surface area (Å²) in [6, 6.07) is 5.89. The highest BCUT2D eigenvalue weighted by atomic mass is 32.2. The lowest BCUT2D eigenvalue weighted by Gasteiger charge is -2.18. The molecule has 136 valence electrons. The average molecular weight is 358 g/mol. The highest BCUT2D eigenvalue weighted by Gasteiger charge is 2.14. The summed E-state index contributed by atoms with van der Waals surface area (Å²) in [6.45, 7) is 7.00. The van der Waals surface area contributed by atoms with Crippen LogP contribution in [0, 0.1) is 5.41 Å². The summed E-state index contributed by atoms with van der Waals surface area (Å²) in [5, 5.41) is 2.78. The first-order chi connectivity index (χ1) is 11.1. The van der Waals surface area contributed by atoms with Crippen molar-refractivity contribution in [2.24, 2.45) is 5.41 Å². The Hall–Kier alpha value is -1.64. The van der Waals surface area contributed by atoms with Crippen LogP contribution in [0.15, 0.2) is 29.2 Å². The normalized spacial score (nSPS) is 12.0. The van der Waals surface area contributed by atoms with Crippen molar-refractivity contribution in [3.63, 3.8) is 0 Å². The summed E-state index contributed by atoms with van der Waals surface area (Å²) in [5.41, 5.74) is 0.00147. The Labute approximate surface area is 143 Å². The molecular formula is C16H26N2O5S. The predicted octanol–water partition coefficient (Wildman–Crippen LogP) is 1.15. The molecule has 0 aliphatic heterocycles. The van der Waals surface area contributed by atoms with Gasteiger partial charge in [-0.2, -0.15) is 0 Å². The van der Waals surface area contributed by atoms with E-state index in [0.717, 1.165) is 0 Å². The second-order valence-electron chi connectivity index (χ2n) is 6.49. The van der Waals surface area contributed by atoms with Gasteiger partial charge in [-0.15, -0.1) is 0 Å². The molecule has 1 aromatic rings. The van der Waals surface area contributed by atoms with Gasteiger partial charge in [0.05, 0.1) is 11.5 Å². The minimum atomic E-state index is -3.57. The lowest BCUT2D eigenvalue weighted by atomic mass is 9.97. The third kappa shape index (κ3) is 7.76. The topological polar surface area (TPSA) is 93.7 Å². The van der Waals surface area contributed by atoms with Crippen LogP contribution in [0.25, 0.3) is 0 Å². The SMILES string of the molecule is COCCNS(=O)(=O)c1ccc(OCC(=O)NCC(C)(C)C)cc1. The van der Waals surface area contributed by atoms with Crippen LogP contribution in [0.2, 0.25) is 0 Å². The first-order valence-electron chi connectivity index (χ1n) is 7.62. The monoisotopic (exact) mass is 358 g/mol. The zero-order valence-corrected chi connectivity index (χ0v) is 15.4. The molecule has 0 fully saturated rings. The van der Waals surface area contributed by atoms with Gasteiger partial charge in [0.2, 0.25) is 10.0 Å². The number of carbonyl (C=O) groups is 1. The van der Waals surface area contributed by atoms with E-state index in [0.29, 0.717) is 18.9 Å². The van der Waals surface area contributed by atoms with Crippen LogP contribution < -0.4 is 14.8 Å². The van der Waals surface area contributed by atoms with Crippen LogP contribution in [0.4, 0.5) is 0 Å². The lowest BCUT2D eigenvalue weighted by molar-refractivity contribution is -0.123. The standard InChI is InChI=1S/C16H26N2O5S/c1-16(2,3)12-17-15(19)11-23-13-5-7-14(8-6-13)24(20,21)18-9-10-22-4/h5-8,18H,9-12H2,1-4H3,(H,17,19). The molecule has 0 atom stereocenters. The number of amides is 1. The molecule has 0 heterocycles. The molecule has 2 N–H and O–H groups in total. The Kier molecular flexibility index (Phi) is 7.65. The number of rotatable bonds is 9. The van der Waals surface area contributed by atoms with E-state index < -0.39 is 10.0 Å². The lowest BCUT2D eigenvalue weighted by Crippen LogP contribution is -2.35. The van der Waals surface area contributed by atoms with Crippen molar-refractivity contribution in [2.75, 3.05) is 33.4 Å². The fourth-order valence-electron chi connectivity index (χ4n) is 1.64. The van der Waals surface area contributed by atoms with E-state index in [1.165, 1.54) is 31.4 Å². The van der Waals surface area contributed by atoms with E-state index in [4.69, 9.17) is 9.47 Å². The fraction of sp³-hybridized carbons (Fsp3) is 0.562. The summed E-state index contributed by atoms with van der Waals surface area (Å²) in [5.74, 6) is 0.208. The van der Waals surface area contributed by atoms with E-state index in [1.54, 1.807) is 0 Å². The first-order valence-corrected chi connectivity index (χ1v) is 9.10. The molecule has 1 aromatic carbocycles. The molecule has 0 unspecified atom stereocenters. The number of benzene rings is 1. The fourth-order valence-corrected chi connectivity index (χ4v) is 2.65. The number of nitrogens with one attached hydrogen (secondary N) is 2. The van der Waals surface area contributed by atoms with E-state index in [2.05, 4.69) is 10.0 Å². The Morgan fingerprint density at radius 2 is 1.79 bits per heavy atom. The van der Waals surface area contributed by atoms with Crippen LogP contribution in [-0.4, -0.2) is 47.7 Å². The summed E-state index contributed by atoms with van der Waals surface area (Å²) in [7, 11) is -2.07. The van der Waals surface area contributed by atoms with Gasteiger partial charge in [-0.1, -0.05) is 20.8 Å². The van der Waals surface area contributed by atoms with Crippen LogP contribution in [0.1, 0.15) is 20.8 Å². The molecule has 0 saturated heterocycles. The van der Waals surface area contributed by atoms with E-state index in [9.17, 15) is 13.2 Å². The average Bonchev–Trinajstić information content (AvgIpc) is 2.51. The molecule has 0 radical (unpaired) electrons. The minimum absolute atomic E-state index is 0.00147. The summed E-state index contributed by atoms with van der Waals surface area (Å²) in [6.07, 6.45) is 0. The summed E-state index contributed by atoms with van der Waals surface area (Å²) < 4.78 is 36.6. The van der Waals surface area contributed by atoms with Crippen molar-refractivity contribution >= 4 is 15.9 Å². The van der Waals surface area contributed by atoms with Crippen LogP contribution in [0.5, 0.6) is 5.75 Å². The quantitative estimate of drug-likeness (QED) is 0.646. The molecule has 1 rings (SSSR count). The van der Waals surface area contributed by atoms with Gasteiger partial charge in [0.1, 0.15) is 5.75 Å². The molecule has 24 heavy (non-hydrogen) atoms. The molecule has 0 saturated carbocycles. The highest BCUT2D eigenvalue weighted by Crippen LogP contribution is 2.16. The zero-order chi connectivity index (χ0) is 18.2. The summed E-state index contributed by atoms with van der Waals surface area (Å²) in [4.78, 5) is 11.8. The molecule has 0 aromatic heterocycles. The van der Waals surface area contributed by atoms with E-state index in [1.807, 2.05) is 20.8 Å². The number of sulfonamides is 1. The van der Waals surface area contributed by atoms with Gasteiger partial charge in [0.15, 0.2) is 6.61 Å². The Balaban J connectivity index is 2.51. The number of hydrogen-bond acceptors (Lipinski definition) is 5. The van der Waals surface area contributed by atoms with Crippen LogP contribution in [-0.2, 0) is 19.6 Å². The number of methoxy groups -OCH3 is 1. The van der Waals surface area contributed by atoms with Crippen molar-refractivity contribution in [1.82, 2.24) is 10.0 Å². The smallest absolute Gasteiger partial charge is 0.257 e. The van der Waals surface area contributed by atoms with Gasteiger partial charge >= 0.3 is 0 Å². The van der Waals surface area contributed by atoms with Crippen molar-refractivity contribution in [3.05, 3.63) is 24.3 Å². The van der Waals surface area contributed by atoms with Gasteiger partial charge in [-0.3, -0.25) is 4.79 Å². The van der Waals surface area contributed by atoms with E-state index in [-0.39, 0.29) is 29.4 Å². The maximum Gasteiger partial charge on any atom is 0.257 e. The van der Waals surface area contributed by atoms with Gasteiger partial charge < -0.3 is 14.8 Å². The maximum absolute atomic E-state index is 12.0. The third-order valence-electron chi connectivity index (χ3n) is 2.92. The minimum Gasteiger partial charge on any atom is -0.484 e. The Morgan fingerprint density at radius 3 is 2.33 bits per heavy atom. The van der Waals surface area contributed by atoms with Crippen molar-refractivity contribution in [3.8, 4) is 5.75 Å². The second kappa shape index (κ2) is 9.00. The highest BCUT2D eigenvalue weighted by molar-refractivity contribution is 7.89. The zero-order valence-electron chi connectivity index (χ0n) is 14.6. The number of hydrogen-bond donors (Lipinski definition) is 2. The van der Waals surface area contributed by atoms with Gasteiger partial charge in [0.25, 0.3) is 5.91 Å². The van der Waals surface area contributed by atoms with Crippen LogP contribution in [0.3, 0.4) is 0 Å². The molecule has 0 aliphatic carbocycles. The van der Waals surface area contributed by atoms with Crippen molar-refractivity contribution in [1.29, 1.82) is 0 Å². The van der Waals surface area contributed by atoms with Crippen LogP contribution >= 0.6 is 0 Å². The molecule has 0 spiro atoms. The summed E-state index contributed by atoms with van der Waals surface area (Å²) >= 11 is 0. The second-order valence-corrected chi connectivity index (χ2v) is 8.25. The molecule has 0 aliphatic rings. The maximum atomic E-state index is 12.0. The molecule has 7 nitrogen and oxygen atoms in total. The van der Waals surface area contributed by atoms with Crippen molar-refractivity contribution in [2.45, 2.75) is 25.7 Å². The number of carbonyl (C=O) groups excluding carboxylic acids is 1. The van der Waals surface area contributed by atoms with Gasteiger partial charge in [0, 0.05) is 20.2 Å². The van der Waals surface area contributed by atoms with Crippen molar-refractivity contribution < 1.29 is 22.7 Å². The molecule has 8 heteroatoms. The van der Waals surface area contributed by atoms with Gasteiger partial charge in [-0.25, -0.2) is 13.1 Å². The largest absolute Gasteiger partial charge is 0.484 e. The predicted molar refractivity (Wildman–Crippen MR) is 91.5 cm³/mol. The molecular weight excluding hydrogens is 332 g/mol. The number of ether oxygens (including phenoxy) is 2. The third-order valence-corrected chi connectivity index (χ3v) is 4.40. The first kappa shape index (κ1) is 20.4. The van der Waals surface area contributed by atoms with E-state index >= 15 is 0 Å². The molecule has 1 amide bonds.